The molecule has 4 heteroatoms. The van der Waals surface area contributed by atoms with Crippen molar-refractivity contribution in [1.82, 2.24) is 0 Å². The molecule has 110 valence electrons. The number of rotatable bonds is 4. The van der Waals surface area contributed by atoms with Crippen molar-refractivity contribution in [1.29, 1.82) is 0 Å². The summed E-state index contributed by atoms with van der Waals surface area (Å²) in [5, 5.41) is 0. The number of hydrogen-bond acceptors (Lipinski definition) is 4. The minimum atomic E-state index is -0.0966. The summed E-state index contributed by atoms with van der Waals surface area (Å²) < 4.78 is 10.6. The third-order valence-electron chi connectivity index (χ3n) is 3.40. The zero-order valence-corrected chi connectivity index (χ0v) is 12.7. The van der Waals surface area contributed by atoms with Gasteiger partial charge in [0.2, 0.25) is 0 Å². The number of aryl methyl sites for hydroxylation is 2. The summed E-state index contributed by atoms with van der Waals surface area (Å²) in [5.41, 5.74) is 9.23. The molecule has 0 radical (unpaired) electrons. The highest BCUT2D eigenvalue weighted by molar-refractivity contribution is 6.11. The van der Waals surface area contributed by atoms with Gasteiger partial charge in [-0.25, -0.2) is 0 Å². The van der Waals surface area contributed by atoms with Crippen LogP contribution in [-0.2, 0) is 0 Å². The largest absolute Gasteiger partial charge is 0.496 e. The molecule has 2 rings (SSSR count). The fraction of sp³-hybridized carbons (Fsp3) is 0.235. The molecule has 0 saturated heterocycles. The van der Waals surface area contributed by atoms with Crippen LogP contribution in [0.25, 0.3) is 0 Å². The van der Waals surface area contributed by atoms with E-state index < -0.39 is 0 Å². The number of ketones is 1. The van der Waals surface area contributed by atoms with Gasteiger partial charge in [0.25, 0.3) is 0 Å². The number of anilines is 1. The summed E-state index contributed by atoms with van der Waals surface area (Å²) in [6.07, 6.45) is 0. The van der Waals surface area contributed by atoms with E-state index in [0.29, 0.717) is 22.6 Å². The van der Waals surface area contributed by atoms with E-state index in [-0.39, 0.29) is 5.78 Å². The number of methoxy groups -OCH3 is 2. The molecule has 0 aliphatic rings. The van der Waals surface area contributed by atoms with Gasteiger partial charge in [-0.05, 0) is 49.2 Å². The molecule has 0 aliphatic heterocycles. The monoisotopic (exact) mass is 285 g/mol. The van der Waals surface area contributed by atoms with Gasteiger partial charge in [0.05, 0.1) is 19.8 Å². The van der Waals surface area contributed by atoms with Gasteiger partial charge >= 0.3 is 0 Å². The Kier molecular flexibility index (Phi) is 4.17. The molecule has 0 unspecified atom stereocenters. The van der Waals surface area contributed by atoms with Crippen molar-refractivity contribution in [3.05, 3.63) is 52.6 Å². The van der Waals surface area contributed by atoms with Crippen LogP contribution in [0.15, 0.2) is 30.3 Å². The lowest BCUT2D eigenvalue weighted by molar-refractivity contribution is 0.103. The second-order valence-corrected chi connectivity index (χ2v) is 4.93. The maximum absolute atomic E-state index is 12.7. The third-order valence-corrected chi connectivity index (χ3v) is 3.40. The van der Waals surface area contributed by atoms with Crippen LogP contribution in [0.5, 0.6) is 11.5 Å². The van der Waals surface area contributed by atoms with Gasteiger partial charge in [0, 0.05) is 17.3 Å². The van der Waals surface area contributed by atoms with Crippen molar-refractivity contribution in [3.63, 3.8) is 0 Å². The fourth-order valence-corrected chi connectivity index (χ4v) is 2.45. The second kappa shape index (κ2) is 5.87. The molecular formula is C17H19NO3. The van der Waals surface area contributed by atoms with Gasteiger partial charge in [0.1, 0.15) is 11.5 Å². The van der Waals surface area contributed by atoms with Crippen molar-refractivity contribution < 1.29 is 14.3 Å². The van der Waals surface area contributed by atoms with Gasteiger partial charge in [-0.2, -0.15) is 0 Å². The Morgan fingerprint density at radius 1 is 1.00 bits per heavy atom. The van der Waals surface area contributed by atoms with Crippen LogP contribution in [0.4, 0.5) is 5.69 Å². The quantitative estimate of drug-likeness (QED) is 0.692. The van der Waals surface area contributed by atoms with Gasteiger partial charge in [-0.15, -0.1) is 0 Å². The van der Waals surface area contributed by atoms with E-state index in [1.807, 2.05) is 26.0 Å². The average molecular weight is 285 g/mol. The molecule has 0 atom stereocenters. The SMILES string of the molecule is COc1cc(N)ccc1C(=O)c1cc(C)c(OC)c(C)c1. The zero-order valence-electron chi connectivity index (χ0n) is 12.7. The van der Waals surface area contributed by atoms with Crippen molar-refractivity contribution in [2.45, 2.75) is 13.8 Å². The standard InChI is InChI=1S/C17H19NO3/c1-10-7-12(8-11(2)17(10)21-4)16(19)14-6-5-13(18)9-15(14)20-3/h5-9H,18H2,1-4H3. The molecular weight excluding hydrogens is 266 g/mol. The van der Waals surface area contributed by atoms with Crippen molar-refractivity contribution in [3.8, 4) is 11.5 Å². The van der Waals surface area contributed by atoms with Gasteiger partial charge in [-0.3, -0.25) is 4.79 Å². The van der Waals surface area contributed by atoms with Crippen LogP contribution in [-0.4, -0.2) is 20.0 Å². The molecule has 2 aromatic carbocycles. The molecule has 0 amide bonds. The van der Waals surface area contributed by atoms with Crippen molar-refractivity contribution >= 4 is 11.5 Å². The van der Waals surface area contributed by atoms with Crippen LogP contribution < -0.4 is 15.2 Å². The molecule has 0 aliphatic carbocycles. The minimum absolute atomic E-state index is 0.0966. The van der Waals surface area contributed by atoms with Crippen LogP contribution in [0.2, 0.25) is 0 Å². The van der Waals surface area contributed by atoms with Crippen LogP contribution in [0.1, 0.15) is 27.0 Å². The lowest BCUT2D eigenvalue weighted by Gasteiger charge is -2.12. The van der Waals surface area contributed by atoms with Gasteiger partial charge < -0.3 is 15.2 Å². The zero-order chi connectivity index (χ0) is 15.6. The highest BCUT2D eigenvalue weighted by atomic mass is 16.5. The smallest absolute Gasteiger partial charge is 0.196 e. The first-order valence-electron chi connectivity index (χ1n) is 6.61. The molecule has 0 bridgehead atoms. The number of nitrogen functional groups attached to an aromatic ring is 1. The molecule has 0 fully saturated rings. The van der Waals surface area contributed by atoms with E-state index in [9.17, 15) is 4.79 Å². The van der Waals surface area contributed by atoms with Crippen molar-refractivity contribution in [2.24, 2.45) is 0 Å². The molecule has 2 N–H and O–H groups in total. The Labute approximate surface area is 124 Å². The molecule has 0 heterocycles. The van der Waals surface area contributed by atoms with Crippen LogP contribution >= 0.6 is 0 Å². The second-order valence-electron chi connectivity index (χ2n) is 4.93. The highest BCUT2D eigenvalue weighted by Gasteiger charge is 2.17. The van der Waals surface area contributed by atoms with E-state index in [1.54, 1.807) is 25.3 Å². The number of ether oxygens (including phenoxy) is 2. The Balaban J connectivity index is 2.50. The summed E-state index contributed by atoms with van der Waals surface area (Å²) in [5.74, 6) is 1.18. The Morgan fingerprint density at radius 2 is 1.62 bits per heavy atom. The van der Waals surface area contributed by atoms with Crippen LogP contribution in [0, 0.1) is 13.8 Å². The maximum atomic E-state index is 12.7. The number of nitrogens with two attached hydrogens (primary N) is 1. The maximum Gasteiger partial charge on any atom is 0.196 e. The number of carbonyl (C=O) groups is 1. The van der Waals surface area contributed by atoms with E-state index in [1.165, 1.54) is 7.11 Å². The highest BCUT2D eigenvalue weighted by Crippen LogP contribution is 2.28. The first kappa shape index (κ1) is 14.9. The first-order valence-corrected chi connectivity index (χ1v) is 6.61. The minimum Gasteiger partial charge on any atom is -0.496 e. The van der Waals surface area contributed by atoms with Crippen LogP contribution in [0.3, 0.4) is 0 Å². The number of hydrogen-bond donors (Lipinski definition) is 1. The van der Waals surface area contributed by atoms with Gasteiger partial charge in [-0.1, -0.05) is 0 Å². The van der Waals surface area contributed by atoms with E-state index in [4.69, 9.17) is 15.2 Å². The normalized spacial score (nSPS) is 10.3. The lowest BCUT2D eigenvalue weighted by Crippen LogP contribution is -2.06. The third kappa shape index (κ3) is 2.84. The molecule has 0 saturated carbocycles. The lowest BCUT2D eigenvalue weighted by atomic mass is 9.98. The summed E-state index contributed by atoms with van der Waals surface area (Å²) in [7, 11) is 3.15. The first-order chi connectivity index (χ1) is 9.97. The Bertz CT molecular complexity index is 669. The predicted molar refractivity (Wildman–Crippen MR) is 83.3 cm³/mol. The Morgan fingerprint density at radius 3 is 2.14 bits per heavy atom. The van der Waals surface area contributed by atoms with Crippen molar-refractivity contribution in [2.75, 3.05) is 20.0 Å². The predicted octanol–water partition coefficient (Wildman–Crippen LogP) is 3.13. The molecule has 2 aromatic rings. The molecule has 0 aromatic heterocycles. The number of benzene rings is 2. The summed E-state index contributed by atoms with van der Waals surface area (Å²) >= 11 is 0. The molecule has 21 heavy (non-hydrogen) atoms. The molecule has 0 spiro atoms. The van der Waals surface area contributed by atoms with Gasteiger partial charge in [0.15, 0.2) is 5.78 Å². The van der Waals surface area contributed by atoms with E-state index in [2.05, 4.69) is 0 Å². The van der Waals surface area contributed by atoms with E-state index in [0.717, 1.165) is 16.9 Å². The summed E-state index contributed by atoms with van der Waals surface area (Å²) in [4.78, 5) is 12.7. The summed E-state index contributed by atoms with van der Waals surface area (Å²) in [6.45, 7) is 3.84. The Hall–Kier alpha value is -2.49. The van der Waals surface area contributed by atoms with E-state index >= 15 is 0 Å². The fourth-order valence-electron chi connectivity index (χ4n) is 2.45. The number of carbonyl (C=O) groups excluding carboxylic acids is 1. The average Bonchev–Trinajstić information content (AvgIpc) is 2.46. The summed E-state index contributed by atoms with van der Waals surface area (Å²) in [6, 6.07) is 8.68. The molecule has 4 nitrogen and oxygen atoms in total. The topological polar surface area (TPSA) is 61.5 Å².